The zero-order chi connectivity index (χ0) is 10.8. The van der Waals surface area contributed by atoms with Gasteiger partial charge in [0.15, 0.2) is 0 Å². The lowest BCUT2D eigenvalue weighted by Gasteiger charge is -2.27. The SMILES string of the molecule is O=[N+]([O-])c1cnn(C2CCCCC2O)c1. The number of hydrogen-bond acceptors (Lipinski definition) is 4. The molecule has 0 amide bonds. The second-order valence-corrected chi connectivity index (χ2v) is 3.85. The van der Waals surface area contributed by atoms with Gasteiger partial charge in [-0.1, -0.05) is 12.8 Å². The van der Waals surface area contributed by atoms with E-state index in [9.17, 15) is 15.2 Å². The molecule has 2 atom stereocenters. The number of rotatable bonds is 2. The Kier molecular flexibility index (Phi) is 2.68. The van der Waals surface area contributed by atoms with Crippen molar-refractivity contribution in [1.82, 2.24) is 9.78 Å². The molecule has 6 nitrogen and oxygen atoms in total. The highest BCUT2D eigenvalue weighted by Gasteiger charge is 2.26. The number of nitro groups is 1. The largest absolute Gasteiger partial charge is 0.391 e. The maximum atomic E-state index is 10.5. The lowest BCUT2D eigenvalue weighted by atomic mass is 9.93. The van der Waals surface area contributed by atoms with E-state index >= 15 is 0 Å². The van der Waals surface area contributed by atoms with Crippen LogP contribution < -0.4 is 0 Å². The number of aromatic nitrogens is 2. The van der Waals surface area contributed by atoms with Gasteiger partial charge in [-0.15, -0.1) is 0 Å². The third kappa shape index (κ3) is 1.99. The third-order valence-electron chi connectivity index (χ3n) is 2.83. The molecule has 2 unspecified atom stereocenters. The molecule has 1 aromatic heterocycles. The van der Waals surface area contributed by atoms with Gasteiger partial charge in [-0.3, -0.25) is 14.8 Å². The van der Waals surface area contributed by atoms with Crippen molar-refractivity contribution in [1.29, 1.82) is 0 Å². The van der Waals surface area contributed by atoms with Gasteiger partial charge in [0.25, 0.3) is 0 Å². The Morgan fingerprint density at radius 1 is 1.53 bits per heavy atom. The Bertz CT molecular complexity index is 363. The van der Waals surface area contributed by atoms with Gasteiger partial charge in [-0.25, -0.2) is 0 Å². The Morgan fingerprint density at radius 2 is 2.27 bits per heavy atom. The van der Waals surface area contributed by atoms with Crippen molar-refractivity contribution in [2.45, 2.75) is 37.8 Å². The van der Waals surface area contributed by atoms with Gasteiger partial charge < -0.3 is 5.11 Å². The Balaban J connectivity index is 2.17. The van der Waals surface area contributed by atoms with E-state index in [-0.39, 0.29) is 11.7 Å². The van der Waals surface area contributed by atoms with Crippen LogP contribution in [-0.4, -0.2) is 25.9 Å². The lowest BCUT2D eigenvalue weighted by Crippen LogP contribution is -2.27. The predicted molar refractivity (Wildman–Crippen MR) is 52.4 cm³/mol. The Labute approximate surface area is 86.7 Å². The molecule has 2 rings (SSSR count). The molecule has 1 fully saturated rings. The van der Waals surface area contributed by atoms with E-state index in [0.29, 0.717) is 0 Å². The molecule has 15 heavy (non-hydrogen) atoms. The third-order valence-corrected chi connectivity index (χ3v) is 2.83. The standard InChI is InChI=1S/C9H13N3O3/c13-9-4-2-1-3-8(9)11-6-7(5-10-11)12(14)15/h5-6,8-9,13H,1-4H2. The van der Waals surface area contributed by atoms with Gasteiger partial charge in [0.1, 0.15) is 12.4 Å². The molecule has 0 spiro atoms. The van der Waals surface area contributed by atoms with Gasteiger partial charge in [0, 0.05) is 0 Å². The Hall–Kier alpha value is -1.43. The summed E-state index contributed by atoms with van der Waals surface area (Å²) in [6.45, 7) is 0. The number of aliphatic hydroxyl groups is 1. The minimum absolute atomic E-state index is 0.0206. The second-order valence-electron chi connectivity index (χ2n) is 3.85. The number of aliphatic hydroxyl groups excluding tert-OH is 1. The van der Waals surface area contributed by atoms with Crippen LogP contribution in [0.3, 0.4) is 0 Å². The van der Waals surface area contributed by atoms with E-state index in [1.165, 1.54) is 17.1 Å². The van der Waals surface area contributed by atoms with Crippen LogP contribution in [0.4, 0.5) is 5.69 Å². The van der Waals surface area contributed by atoms with Crippen LogP contribution in [0.2, 0.25) is 0 Å². The highest BCUT2D eigenvalue weighted by Crippen LogP contribution is 2.28. The molecular formula is C9H13N3O3. The summed E-state index contributed by atoms with van der Waals surface area (Å²) in [5.41, 5.74) is -0.0206. The second kappa shape index (κ2) is 3.98. The van der Waals surface area contributed by atoms with E-state index in [4.69, 9.17) is 0 Å². The fraction of sp³-hybridized carbons (Fsp3) is 0.667. The van der Waals surface area contributed by atoms with Crippen LogP contribution in [0.25, 0.3) is 0 Å². The van der Waals surface area contributed by atoms with Crippen molar-refractivity contribution in [3.05, 3.63) is 22.5 Å². The first kappa shape index (κ1) is 10.1. The van der Waals surface area contributed by atoms with Crippen molar-refractivity contribution in [2.75, 3.05) is 0 Å². The van der Waals surface area contributed by atoms with Crippen molar-refractivity contribution in [2.24, 2.45) is 0 Å². The molecule has 1 saturated carbocycles. The summed E-state index contributed by atoms with van der Waals surface area (Å²) in [5, 5.41) is 24.1. The van der Waals surface area contributed by atoms with Gasteiger partial charge in [-0.2, -0.15) is 5.10 Å². The van der Waals surface area contributed by atoms with Crippen molar-refractivity contribution in [3.63, 3.8) is 0 Å². The van der Waals surface area contributed by atoms with Crippen LogP contribution in [0.15, 0.2) is 12.4 Å². The fourth-order valence-corrected chi connectivity index (χ4v) is 2.00. The minimum atomic E-state index is -0.474. The van der Waals surface area contributed by atoms with E-state index in [2.05, 4.69) is 5.10 Å². The molecule has 1 aliphatic carbocycles. The minimum Gasteiger partial charge on any atom is -0.391 e. The first-order valence-electron chi connectivity index (χ1n) is 5.05. The topological polar surface area (TPSA) is 81.2 Å². The van der Waals surface area contributed by atoms with Gasteiger partial charge in [-0.05, 0) is 12.8 Å². The summed E-state index contributed by atoms with van der Waals surface area (Å²) >= 11 is 0. The zero-order valence-electron chi connectivity index (χ0n) is 8.24. The molecule has 0 aromatic carbocycles. The summed E-state index contributed by atoms with van der Waals surface area (Å²) in [6, 6.07) is -0.104. The molecule has 0 saturated heterocycles. The molecule has 0 bridgehead atoms. The molecule has 6 heteroatoms. The fourth-order valence-electron chi connectivity index (χ4n) is 2.00. The average molecular weight is 211 g/mol. The maximum absolute atomic E-state index is 10.5. The first-order valence-corrected chi connectivity index (χ1v) is 5.05. The van der Waals surface area contributed by atoms with Crippen LogP contribution in [-0.2, 0) is 0 Å². The molecule has 1 heterocycles. The van der Waals surface area contributed by atoms with E-state index in [1.807, 2.05) is 0 Å². The lowest BCUT2D eigenvalue weighted by molar-refractivity contribution is -0.385. The maximum Gasteiger partial charge on any atom is 0.307 e. The van der Waals surface area contributed by atoms with Gasteiger partial charge in [0.2, 0.25) is 0 Å². The van der Waals surface area contributed by atoms with Crippen molar-refractivity contribution >= 4 is 5.69 Å². The molecule has 1 aromatic rings. The van der Waals surface area contributed by atoms with Crippen molar-refractivity contribution in [3.8, 4) is 0 Å². The first-order chi connectivity index (χ1) is 7.18. The summed E-state index contributed by atoms with van der Waals surface area (Å²) < 4.78 is 1.52. The highest BCUT2D eigenvalue weighted by atomic mass is 16.6. The number of nitrogens with zero attached hydrogens (tertiary/aromatic N) is 3. The predicted octanol–water partition coefficient (Wildman–Crippen LogP) is 1.27. The summed E-state index contributed by atoms with van der Waals surface area (Å²) in [7, 11) is 0. The van der Waals surface area contributed by atoms with Crippen LogP contribution in [0.5, 0.6) is 0 Å². The van der Waals surface area contributed by atoms with Crippen LogP contribution in [0.1, 0.15) is 31.7 Å². The smallest absolute Gasteiger partial charge is 0.307 e. The molecule has 1 N–H and O–H groups in total. The number of hydrogen-bond donors (Lipinski definition) is 1. The molecular weight excluding hydrogens is 198 g/mol. The molecule has 0 aliphatic heterocycles. The zero-order valence-corrected chi connectivity index (χ0v) is 8.24. The normalized spacial score (nSPS) is 26.5. The van der Waals surface area contributed by atoms with E-state index in [0.717, 1.165) is 25.7 Å². The summed E-state index contributed by atoms with van der Waals surface area (Å²) in [4.78, 5) is 9.99. The average Bonchev–Trinajstić information content (AvgIpc) is 2.67. The Morgan fingerprint density at radius 3 is 2.87 bits per heavy atom. The van der Waals surface area contributed by atoms with E-state index in [1.54, 1.807) is 0 Å². The highest BCUT2D eigenvalue weighted by molar-refractivity contribution is 5.21. The van der Waals surface area contributed by atoms with Crippen LogP contribution >= 0.6 is 0 Å². The monoisotopic (exact) mass is 211 g/mol. The molecule has 1 aliphatic rings. The van der Waals surface area contributed by atoms with Gasteiger partial charge in [0.05, 0.1) is 17.1 Å². The molecule has 82 valence electrons. The summed E-state index contributed by atoms with van der Waals surface area (Å²) in [6.07, 6.45) is 5.81. The quantitative estimate of drug-likeness (QED) is 0.590. The van der Waals surface area contributed by atoms with E-state index < -0.39 is 11.0 Å². The van der Waals surface area contributed by atoms with Gasteiger partial charge >= 0.3 is 5.69 Å². The van der Waals surface area contributed by atoms with Crippen molar-refractivity contribution < 1.29 is 10.0 Å². The summed E-state index contributed by atoms with van der Waals surface area (Å²) in [5.74, 6) is 0. The molecule has 0 radical (unpaired) electrons. The van der Waals surface area contributed by atoms with Crippen LogP contribution in [0, 0.1) is 10.1 Å².